The third kappa shape index (κ3) is 4.52. The van der Waals surface area contributed by atoms with Crippen molar-refractivity contribution in [3.8, 4) is 22.8 Å². The Hall–Kier alpha value is -3.71. The molecule has 0 atom stereocenters. The highest BCUT2D eigenvalue weighted by molar-refractivity contribution is 5.96. The maximum absolute atomic E-state index is 12.8. The highest BCUT2D eigenvalue weighted by atomic mass is 16.5. The molecule has 0 radical (unpaired) electrons. The number of aromatic nitrogens is 3. The molecule has 34 heavy (non-hydrogen) atoms. The van der Waals surface area contributed by atoms with E-state index in [2.05, 4.69) is 20.7 Å². The number of hydrogen-bond donors (Lipinski definition) is 2. The Labute approximate surface area is 199 Å². The summed E-state index contributed by atoms with van der Waals surface area (Å²) in [6.07, 6.45) is 3.67. The predicted octanol–water partition coefficient (Wildman–Crippen LogP) is 4.53. The molecule has 0 bridgehead atoms. The van der Waals surface area contributed by atoms with E-state index < -0.39 is 0 Å². The Morgan fingerprint density at radius 3 is 2.65 bits per heavy atom. The second kappa shape index (κ2) is 9.27. The lowest BCUT2D eigenvalue weighted by Gasteiger charge is -2.24. The highest BCUT2D eigenvalue weighted by Gasteiger charge is 2.18. The van der Waals surface area contributed by atoms with E-state index >= 15 is 0 Å². The summed E-state index contributed by atoms with van der Waals surface area (Å²) < 4.78 is 8.00. The van der Waals surface area contributed by atoms with Gasteiger partial charge in [-0.1, -0.05) is 6.07 Å². The van der Waals surface area contributed by atoms with Crippen LogP contribution in [0.2, 0.25) is 0 Å². The van der Waals surface area contributed by atoms with E-state index in [1.54, 1.807) is 6.20 Å². The lowest BCUT2D eigenvalue weighted by Crippen LogP contribution is -2.42. The first-order chi connectivity index (χ1) is 16.5. The Morgan fingerprint density at radius 1 is 1.06 bits per heavy atom. The molecule has 174 valence electrons. The van der Waals surface area contributed by atoms with Gasteiger partial charge in [0.25, 0.3) is 5.91 Å². The maximum Gasteiger partial charge on any atom is 0.251 e. The van der Waals surface area contributed by atoms with Crippen molar-refractivity contribution in [2.24, 2.45) is 7.05 Å². The third-order valence-corrected chi connectivity index (χ3v) is 6.42. The van der Waals surface area contributed by atoms with Gasteiger partial charge in [-0.3, -0.25) is 14.5 Å². The predicted molar refractivity (Wildman–Crippen MR) is 133 cm³/mol. The lowest BCUT2D eigenvalue weighted by atomic mass is 10.0. The molecule has 3 heterocycles. The number of benzene rings is 2. The second-order valence-corrected chi connectivity index (χ2v) is 8.89. The molecule has 1 saturated heterocycles. The number of hydrogen-bond acceptors (Lipinski definition) is 5. The van der Waals surface area contributed by atoms with Crippen LogP contribution in [0.5, 0.6) is 11.5 Å². The van der Waals surface area contributed by atoms with Crippen LogP contribution in [0.15, 0.2) is 54.7 Å². The molecule has 1 fully saturated rings. The molecule has 4 aromatic rings. The topological polar surface area (TPSA) is 81.1 Å². The van der Waals surface area contributed by atoms with Gasteiger partial charge in [0.15, 0.2) is 0 Å². The fourth-order valence-corrected chi connectivity index (χ4v) is 4.56. The SMILES string of the molecule is Cc1cc(-c2cc(Oc3ccc4c(C)nn(C)c4c3)ccn2)ccc1C(=O)NC1CCNCC1. The van der Waals surface area contributed by atoms with Crippen LogP contribution in [0.3, 0.4) is 0 Å². The molecule has 2 aromatic carbocycles. The van der Waals surface area contributed by atoms with Crippen LogP contribution in [0.25, 0.3) is 22.2 Å². The number of piperidine rings is 1. The van der Waals surface area contributed by atoms with Gasteiger partial charge in [0, 0.05) is 47.9 Å². The first kappa shape index (κ1) is 22.1. The van der Waals surface area contributed by atoms with Crippen LogP contribution in [-0.2, 0) is 7.05 Å². The molecule has 7 nitrogen and oxygen atoms in total. The summed E-state index contributed by atoms with van der Waals surface area (Å²) in [5.41, 5.74) is 5.39. The number of carbonyl (C=O) groups excluding carboxylic acids is 1. The average molecular weight is 456 g/mol. The van der Waals surface area contributed by atoms with Gasteiger partial charge in [0.2, 0.25) is 0 Å². The number of aryl methyl sites for hydroxylation is 3. The van der Waals surface area contributed by atoms with Crippen molar-refractivity contribution in [2.45, 2.75) is 32.7 Å². The molecule has 1 aliphatic rings. The van der Waals surface area contributed by atoms with Gasteiger partial charge in [-0.25, -0.2) is 0 Å². The quantitative estimate of drug-likeness (QED) is 0.462. The fraction of sp³-hybridized carbons (Fsp3) is 0.296. The van der Waals surface area contributed by atoms with Crippen molar-refractivity contribution in [3.05, 3.63) is 71.5 Å². The Balaban J connectivity index is 1.34. The van der Waals surface area contributed by atoms with Crippen LogP contribution in [0.4, 0.5) is 0 Å². The zero-order chi connectivity index (χ0) is 23.7. The van der Waals surface area contributed by atoms with Crippen molar-refractivity contribution in [2.75, 3.05) is 13.1 Å². The van der Waals surface area contributed by atoms with E-state index in [9.17, 15) is 4.79 Å². The number of pyridine rings is 1. The zero-order valence-corrected chi connectivity index (χ0v) is 19.8. The number of fused-ring (bicyclic) bond motifs is 1. The number of nitrogens with one attached hydrogen (secondary N) is 2. The van der Waals surface area contributed by atoms with Gasteiger partial charge in [-0.05, 0) is 75.7 Å². The van der Waals surface area contributed by atoms with Crippen LogP contribution in [0.1, 0.15) is 34.5 Å². The highest BCUT2D eigenvalue weighted by Crippen LogP contribution is 2.29. The second-order valence-electron chi connectivity index (χ2n) is 8.89. The standard InChI is InChI=1S/C27H29N5O2/c1-17-14-19(4-6-23(17)27(33)30-20-8-11-28-12-9-20)25-15-22(10-13-29-25)34-21-5-7-24-18(2)31-32(3)26(24)16-21/h4-7,10,13-16,20,28H,8-9,11-12H2,1-3H3,(H,30,33). The molecule has 2 aromatic heterocycles. The maximum atomic E-state index is 12.8. The van der Waals surface area contributed by atoms with Crippen LogP contribution < -0.4 is 15.4 Å². The van der Waals surface area contributed by atoms with Crippen molar-refractivity contribution in [1.29, 1.82) is 0 Å². The number of ether oxygens (including phenoxy) is 1. The molecular weight excluding hydrogens is 426 g/mol. The molecule has 0 aliphatic carbocycles. The molecule has 0 unspecified atom stereocenters. The van der Waals surface area contributed by atoms with Gasteiger partial charge in [-0.15, -0.1) is 0 Å². The van der Waals surface area contributed by atoms with Crippen LogP contribution in [-0.4, -0.2) is 39.8 Å². The Morgan fingerprint density at radius 2 is 1.85 bits per heavy atom. The minimum absolute atomic E-state index is 0.0122. The molecule has 0 saturated carbocycles. The lowest BCUT2D eigenvalue weighted by molar-refractivity contribution is 0.0929. The van der Waals surface area contributed by atoms with E-state index in [0.717, 1.165) is 65.1 Å². The van der Waals surface area contributed by atoms with Crippen molar-refractivity contribution in [3.63, 3.8) is 0 Å². The van der Waals surface area contributed by atoms with E-state index in [1.807, 2.05) is 74.1 Å². The summed E-state index contributed by atoms with van der Waals surface area (Å²) in [4.78, 5) is 17.3. The molecule has 5 rings (SSSR count). The van der Waals surface area contributed by atoms with Gasteiger partial charge in [-0.2, -0.15) is 5.10 Å². The van der Waals surface area contributed by atoms with E-state index in [-0.39, 0.29) is 11.9 Å². The van der Waals surface area contributed by atoms with Gasteiger partial charge < -0.3 is 15.4 Å². The van der Waals surface area contributed by atoms with Crippen molar-refractivity contribution >= 4 is 16.8 Å². The molecule has 1 amide bonds. The van der Waals surface area contributed by atoms with Crippen LogP contribution >= 0.6 is 0 Å². The summed E-state index contributed by atoms with van der Waals surface area (Å²) in [6, 6.07) is 15.8. The smallest absolute Gasteiger partial charge is 0.251 e. The summed E-state index contributed by atoms with van der Waals surface area (Å²) >= 11 is 0. The summed E-state index contributed by atoms with van der Waals surface area (Å²) in [6.45, 7) is 5.86. The van der Waals surface area contributed by atoms with Gasteiger partial charge in [0.05, 0.1) is 16.9 Å². The van der Waals surface area contributed by atoms with E-state index in [4.69, 9.17) is 4.74 Å². The third-order valence-electron chi connectivity index (χ3n) is 6.42. The van der Waals surface area contributed by atoms with Gasteiger partial charge in [0.1, 0.15) is 11.5 Å². The normalized spacial score (nSPS) is 14.3. The van der Waals surface area contributed by atoms with E-state index in [1.165, 1.54) is 0 Å². The molecule has 7 heteroatoms. The number of amides is 1. The molecule has 2 N–H and O–H groups in total. The minimum atomic E-state index is -0.0122. The van der Waals surface area contributed by atoms with Crippen molar-refractivity contribution in [1.82, 2.24) is 25.4 Å². The number of nitrogens with zero attached hydrogens (tertiary/aromatic N) is 3. The average Bonchev–Trinajstić information content (AvgIpc) is 3.12. The fourth-order valence-electron chi connectivity index (χ4n) is 4.56. The monoisotopic (exact) mass is 455 g/mol. The molecule has 1 aliphatic heterocycles. The Bertz CT molecular complexity index is 1350. The first-order valence-corrected chi connectivity index (χ1v) is 11.7. The van der Waals surface area contributed by atoms with E-state index in [0.29, 0.717) is 11.3 Å². The largest absolute Gasteiger partial charge is 0.457 e. The van der Waals surface area contributed by atoms with Gasteiger partial charge >= 0.3 is 0 Å². The number of rotatable bonds is 5. The number of carbonyl (C=O) groups is 1. The van der Waals surface area contributed by atoms with Crippen molar-refractivity contribution < 1.29 is 9.53 Å². The molecule has 0 spiro atoms. The minimum Gasteiger partial charge on any atom is -0.457 e. The summed E-state index contributed by atoms with van der Waals surface area (Å²) in [5.74, 6) is 1.43. The summed E-state index contributed by atoms with van der Waals surface area (Å²) in [7, 11) is 1.93. The zero-order valence-electron chi connectivity index (χ0n) is 19.8. The molecular formula is C27H29N5O2. The Kier molecular flexibility index (Phi) is 6.02. The summed E-state index contributed by atoms with van der Waals surface area (Å²) in [5, 5.41) is 12.1. The van der Waals surface area contributed by atoms with Crippen LogP contribution in [0, 0.1) is 13.8 Å². The first-order valence-electron chi connectivity index (χ1n) is 11.7.